The molecule has 1 aliphatic carbocycles. The standard InChI is InChI=1S/C24H30O/c1-23(2,3)21-18-13-9-8-12-17(18)19(22(21)24(4,5)6)15-16-11-7-10-14-20(16)25/h7-14,19,25H,15H2,1-6H3. The molecule has 1 N–H and O–H groups in total. The van der Waals surface area contributed by atoms with Crippen molar-refractivity contribution in [3.8, 4) is 5.75 Å². The number of fused-ring (bicyclic) bond motifs is 1. The first-order chi connectivity index (χ1) is 11.6. The van der Waals surface area contributed by atoms with Crippen LogP contribution in [0.25, 0.3) is 5.57 Å². The molecule has 2 aromatic carbocycles. The van der Waals surface area contributed by atoms with E-state index in [1.807, 2.05) is 18.2 Å². The molecule has 0 saturated carbocycles. The van der Waals surface area contributed by atoms with Gasteiger partial charge in [-0.15, -0.1) is 0 Å². The van der Waals surface area contributed by atoms with Crippen LogP contribution in [0.5, 0.6) is 5.75 Å². The molecule has 0 spiro atoms. The van der Waals surface area contributed by atoms with Gasteiger partial charge in [0.05, 0.1) is 0 Å². The Morgan fingerprint density at radius 1 is 0.800 bits per heavy atom. The van der Waals surface area contributed by atoms with Crippen LogP contribution in [0.4, 0.5) is 0 Å². The molecule has 0 heterocycles. The fourth-order valence-electron chi connectivity index (χ4n) is 4.32. The van der Waals surface area contributed by atoms with Gasteiger partial charge in [0, 0.05) is 5.92 Å². The number of benzene rings is 2. The Bertz CT molecular complexity index is 812. The molecule has 0 aliphatic heterocycles. The third-order valence-corrected chi connectivity index (χ3v) is 5.20. The minimum Gasteiger partial charge on any atom is -0.508 e. The van der Waals surface area contributed by atoms with Gasteiger partial charge in [-0.3, -0.25) is 0 Å². The first kappa shape index (κ1) is 17.8. The average molecular weight is 335 g/mol. The number of rotatable bonds is 2. The van der Waals surface area contributed by atoms with Crippen LogP contribution in [-0.2, 0) is 6.42 Å². The van der Waals surface area contributed by atoms with Crippen LogP contribution in [0.2, 0.25) is 0 Å². The van der Waals surface area contributed by atoms with E-state index in [-0.39, 0.29) is 10.8 Å². The van der Waals surface area contributed by atoms with Crippen molar-refractivity contribution >= 4 is 5.57 Å². The first-order valence-corrected chi connectivity index (χ1v) is 9.22. The van der Waals surface area contributed by atoms with Crippen LogP contribution < -0.4 is 0 Å². The molecule has 0 fully saturated rings. The zero-order valence-corrected chi connectivity index (χ0v) is 16.4. The maximum Gasteiger partial charge on any atom is 0.118 e. The Morgan fingerprint density at radius 2 is 1.40 bits per heavy atom. The highest BCUT2D eigenvalue weighted by atomic mass is 16.3. The quantitative estimate of drug-likeness (QED) is 0.658. The molecule has 3 rings (SSSR count). The van der Waals surface area contributed by atoms with E-state index in [4.69, 9.17) is 0 Å². The van der Waals surface area contributed by atoms with E-state index in [0.29, 0.717) is 11.7 Å². The highest BCUT2D eigenvalue weighted by molar-refractivity contribution is 5.82. The summed E-state index contributed by atoms with van der Waals surface area (Å²) in [6, 6.07) is 16.6. The van der Waals surface area contributed by atoms with E-state index in [1.165, 1.54) is 22.3 Å². The zero-order chi connectivity index (χ0) is 18.4. The van der Waals surface area contributed by atoms with Crippen LogP contribution in [-0.4, -0.2) is 5.11 Å². The smallest absolute Gasteiger partial charge is 0.118 e. The minimum absolute atomic E-state index is 0.0801. The lowest BCUT2D eigenvalue weighted by atomic mass is 9.72. The summed E-state index contributed by atoms with van der Waals surface area (Å²) in [6.45, 7) is 13.9. The number of allylic oxidation sites excluding steroid dienone is 2. The summed E-state index contributed by atoms with van der Waals surface area (Å²) < 4.78 is 0. The predicted molar refractivity (Wildman–Crippen MR) is 107 cm³/mol. The van der Waals surface area contributed by atoms with Crippen LogP contribution in [0.15, 0.2) is 54.1 Å². The third kappa shape index (κ3) is 3.25. The maximum atomic E-state index is 10.3. The second-order valence-corrected chi connectivity index (χ2v) is 9.26. The van der Waals surface area contributed by atoms with E-state index >= 15 is 0 Å². The van der Waals surface area contributed by atoms with Gasteiger partial charge in [-0.1, -0.05) is 89.6 Å². The molecule has 1 heteroatoms. The van der Waals surface area contributed by atoms with Crippen molar-refractivity contribution < 1.29 is 5.11 Å². The van der Waals surface area contributed by atoms with Crippen molar-refractivity contribution in [1.82, 2.24) is 0 Å². The van der Waals surface area contributed by atoms with Gasteiger partial charge in [-0.2, -0.15) is 0 Å². The van der Waals surface area contributed by atoms with Gasteiger partial charge in [-0.25, -0.2) is 0 Å². The highest BCUT2D eigenvalue weighted by Gasteiger charge is 2.40. The van der Waals surface area contributed by atoms with Crippen LogP contribution in [0.3, 0.4) is 0 Å². The molecule has 0 aromatic heterocycles. The molecule has 0 saturated heterocycles. The van der Waals surface area contributed by atoms with Gasteiger partial charge in [0.25, 0.3) is 0 Å². The Hall–Kier alpha value is -2.02. The van der Waals surface area contributed by atoms with E-state index in [9.17, 15) is 5.11 Å². The molecule has 132 valence electrons. The lowest BCUT2D eigenvalue weighted by molar-refractivity contribution is 0.444. The summed E-state index contributed by atoms with van der Waals surface area (Å²) in [5.41, 5.74) is 6.99. The molecule has 1 atom stereocenters. The summed E-state index contributed by atoms with van der Waals surface area (Å²) in [5.74, 6) is 0.719. The number of phenols is 1. The number of phenolic OH excluding ortho intramolecular Hbond substituents is 1. The van der Waals surface area contributed by atoms with Crippen LogP contribution in [0, 0.1) is 10.8 Å². The number of hydrogen-bond donors (Lipinski definition) is 1. The van der Waals surface area contributed by atoms with Crippen molar-refractivity contribution in [2.45, 2.75) is 53.9 Å². The Kier molecular flexibility index (Phi) is 4.31. The molecule has 0 radical (unpaired) electrons. The number of hydrogen-bond acceptors (Lipinski definition) is 1. The molecule has 2 aromatic rings. The third-order valence-electron chi connectivity index (χ3n) is 5.20. The minimum atomic E-state index is 0.0801. The maximum absolute atomic E-state index is 10.3. The molecule has 0 amide bonds. The van der Waals surface area contributed by atoms with Crippen LogP contribution >= 0.6 is 0 Å². The lowest BCUT2D eigenvalue weighted by Gasteiger charge is -2.33. The summed E-state index contributed by atoms with van der Waals surface area (Å²) in [5, 5.41) is 10.3. The second kappa shape index (κ2) is 6.05. The van der Waals surface area contributed by atoms with Crippen LogP contribution in [0.1, 0.15) is 64.2 Å². The largest absolute Gasteiger partial charge is 0.508 e. The normalized spacial score (nSPS) is 17.8. The van der Waals surface area contributed by atoms with Gasteiger partial charge < -0.3 is 5.11 Å². The molecule has 1 unspecified atom stereocenters. The van der Waals surface area contributed by atoms with Crippen molar-refractivity contribution in [1.29, 1.82) is 0 Å². The summed E-state index contributed by atoms with van der Waals surface area (Å²) in [6.07, 6.45) is 0.843. The van der Waals surface area contributed by atoms with E-state index < -0.39 is 0 Å². The number of aromatic hydroxyl groups is 1. The van der Waals surface area contributed by atoms with Gasteiger partial charge in [0.1, 0.15) is 5.75 Å². The van der Waals surface area contributed by atoms with Crippen molar-refractivity contribution in [3.63, 3.8) is 0 Å². The Morgan fingerprint density at radius 3 is 2.00 bits per heavy atom. The summed E-state index contributed by atoms with van der Waals surface area (Å²) in [7, 11) is 0. The highest BCUT2D eigenvalue weighted by Crippen LogP contribution is 2.55. The SMILES string of the molecule is CC(C)(C)C1=C(C(C)(C)C)C(Cc2ccccc2O)c2ccccc21. The molecule has 1 aliphatic rings. The van der Waals surface area contributed by atoms with E-state index in [1.54, 1.807) is 6.07 Å². The Labute approximate surface area is 152 Å². The topological polar surface area (TPSA) is 20.2 Å². The Balaban J connectivity index is 2.22. The monoisotopic (exact) mass is 334 g/mol. The predicted octanol–water partition coefficient (Wildman–Crippen LogP) is 6.58. The molecular formula is C24H30O. The average Bonchev–Trinajstić information content (AvgIpc) is 2.84. The molecular weight excluding hydrogens is 304 g/mol. The van der Waals surface area contributed by atoms with Crippen molar-refractivity contribution in [3.05, 3.63) is 70.8 Å². The first-order valence-electron chi connectivity index (χ1n) is 9.22. The van der Waals surface area contributed by atoms with E-state index in [0.717, 1.165) is 12.0 Å². The van der Waals surface area contributed by atoms with Gasteiger partial charge in [-0.05, 0) is 45.6 Å². The van der Waals surface area contributed by atoms with Crippen molar-refractivity contribution in [2.24, 2.45) is 10.8 Å². The second-order valence-electron chi connectivity index (χ2n) is 9.26. The van der Waals surface area contributed by atoms with E-state index in [2.05, 4.69) is 65.8 Å². The number of para-hydroxylation sites is 1. The van der Waals surface area contributed by atoms with Gasteiger partial charge in [0.2, 0.25) is 0 Å². The lowest BCUT2D eigenvalue weighted by Crippen LogP contribution is -2.19. The van der Waals surface area contributed by atoms with Gasteiger partial charge in [0.15, 0.2) is 0 Å². The fraction of sp³-hybridized carbons (Fsp3) is 0.417. The fourth-order valence-corrected chi connectivity index (χ4v) is 4.32. The van der Waals surface area contributed by atoms with Crippen molar-refractivity contribution in [2.75, 3.05) is 0 Å². The summed E-state index contributed by atoms with van der Waals surface area (Å²) >= 11 is 0. The summed E-state index contributed by atoms with van der Waals surface area (Å²) in [4.78, 5) is 0. The molecule has 1 nitrogen and oxygen atoms in total. The zero-order valence-electron chi connectivity index (χ0n) is 16.4. The molecule has 25 heavy (non-hydrogen) atoms. The van der Waals surface area contributed by atoms with Gasteiger partial charge >= 0.3 is 0 Å². The molecule has 0 bridgehead atoms.